The number of aromatic nitrogens is 1. The minimum absolute atomic E-state index is 0.243. The number of nitrogens with zero attached hydrogens (tertiary/aromatic N) is 1. The fourth-order valence-corrected chi connectivity index (χ4v) is 2.98. The third-order valence-electron chi connectivity index (χ3n) is 4.47. The van der Waals surface area contributed by atoms with Crippen LogP contribution in [0.2, 0.25) is 5.02 Å². The number of phenols is 1. The smallest absolute Gasteiger partial charge is 0.164 e. The molecule has 0 unspecified atom stereocenters. The van der Waals surface area contributed by atoms with Crippen LogP contribution in [0, 0.1) is 13.8 Å². The maximum Gasteiger partial charge on any atom is 0.164 e. The molecular weight excluding hydrogens is 374 g/mol. The summed E-state index contributed by atoms with van der Waals surface area (Å²) in [6.07, 6.45) is -0.364. The summed E-state index contributed by atoms with van der Waals surface area (Å²) in [5.41, 5.74) is 4.40. The third kappa shape index (κ3) is 4.83. The Morgan fingerprint density at radius 3 is 2.57 bits per heavy atom. The van der Waals surface area contributed by atoms with Gasteiger partial charge in [0.1, 0.15) is 11.5 Å². The van der Waals surface area contributed by atoms with Crippen LogP contribution in [0.1, 0.15) is 29.8 Å². The quantitative estimate of drug-likeness (QED) is 0.540. The van der Waals surface area contributed by atoms with Crippen molar-refractivity contribution in [1.82, 2.24) is 4.98 Å². The second kappa shape index (κ2) is 9.09. The van der Waals surface area contributed by atoms with Gasteiger partial charge < -0.3 is 14.6 Å². The highest BCUT2D eigenvalue weighted by Crippen LogP contribution is 2.28. The zero-order valence-corrected chi connectivity index (χ0v) is 17.0. The van der Waals surface area contributed by atoms with Gasteiger partial charge in [0.2, 0.25) is 0 Å². The number of aromatic hydroxyl groups is 1. The molecule has 0 amide bonds. The number of ether oxygens (including phenoxy) is 2. The van der Waals surface area contributed by atoms with E-state index in [1.807, 2.05) is 57.2 Å². The Bertz CT molecular complexity index is 958. The predicted molar refractivity (Wildman–Crippen MR) is 112 cm³/mol. The summed E-state index contributed by atoms with van der Waals surface area (Å²) in [7, 11) is 0. The zero-order chi connectivity index (χ0) is 20.1. The van der Waals surface area contributed by atoms with Crippen molar-refractivity contribution in [2.75, 3.05) is 13.2 Å². The van der Waals surface area contributed by atoms with Gasteiger partial charge in [0.05, 0.1) is 18.0 Å². The summed E-state index contributed by atoms with van der Waals surface area (Å²) in [5, 5.41) is 10.5. The molecule has 0 radical (unpaired) electrons. The molecule has 0 fully saturated rings. The summed E-state index contributed by atoms with van der Waals surface area (Å²) < 4.78 is 11.8. The number of aryl methyl sites for hydroxylation is 2. The molecule has 1 heterocycles. The Kier molecular flexibility index (Phi) is 6.55. The number of benzene rings is 2. The Morgan fingerprint density at radius 1 is 1.04 bits per heavy atom. The van der Waals surface area contributed by atoms with Crippen LogP contribution in [0.4, 0.5) is 0 Å². The first-order valence-electron chi connectivity index (χ1n) is 9.25. The molecular formula is C23H24ClNO3. The molecule has 0 saturated carbocycles. The average Bonchev–Trinajstić information content (AvgIpc) is 2.70. The number of halogens is 1. The van der Waals surface area contributed by atoms with E-state index in [0.717, 1.165) is 33.1 Å². The van der Waals surface area contributed by atoms with E-state index in [1.165, 1.54) is 0 Å². The Morgan fingerprint density at radius 2 is 1.86 bits per heavy atom. The SMILES string of the molecule is CCOC[C@H](Oc1ccc(O)c(C)c1)c1cccc(-c2ccc(Cl)c(C)c2)n1. The fraction of sp³-hybridized carbons (Fsp3) is 0.261. The summed E-state index contributed by atoms with van der Waals surface area (Å²) in [6, 6.07) is 16.9. The number of hydrogen-bond acceptors (Lipinski definition) is 4. The largest absolute Gasteiger partial charge is 0.508 e. The average molecular weight is 398 g/mol. The van der Waals surface area contributed by atoms with Crippen LogP contribution < -0.4 is 4.74 Å². The second-order valence-electron chi connectivity index (χ2n) is 6.63. The lowest BCUT2D eigenvalue weighted by atomic mass is 10.1. The summed E-state index contributed by atoms with van der Waals surface area (Å²) >= 11 is 6.15. The zero-order valence-electron chi connectivity index (χ0n) is 16.3. The van der Waals surface area contributed by atoms with Gasteiger partial charge in [-0.15, -0.1) is 0 Å². The van der Waals surface area contributed by atoms with Crippen molar-refractivity contribution in [1.29, 1.82) is 0 Å². The Hall–Kier alpha value is -2.56. The van der Waals surface area contributed by atoms with E-state index in [2.05, 4.69) is 0 Å². The monoisotopic (exact) mass is 397 g/mol. The van der Waals surface area contributed by atoms with Gasteiger partial charge in [0.25, 0.3) is 0 Å². The highest BCUT2D eigenvalue weighted by molar-refractivity contribution is 6.31. The molecule has 1 atom stereocenters. The molecule has 3 rings (SSSR count). The molecule has 3 aromatic rings. The number of pyridine rings is 1. The van der Waals surface area contributed by atoms with Crippen molar-refractivity contribution < 1.29 is 14.6 Å². The van der Waals surface area contributed by atoms with E-state index in [0.29, 0.717) is 19.0 Å². The molecule has 0 aliphatic heterocycles. The van der Waals surface area contributed by atoms with E-state index in [4.69, 9.17) is 26.1 Å². The molecule has 0 bridgehead atoms. The third-order valence-corrected chi connectivity index (χ3v) is 4.90. The molecule has 0 spiro atoms. The van der Waals surface area contributed by atoms with Crippen molar-refractivity contribution in [2.24, 2.45) is 0 Å². The lowest BCUT2D eigenvalue weighted by Crippen LogP contribution is -2.16. The molecule has 1 N–H and O–H groups in total. The number of hydrogen-bond donors (Lipinski definition) is 1. The first-order chi connectivity index (χ1) is 13.5. The van der Waals surface area contributed by atoms with Gasteiger partial charge >= 0.3 is 0 Å². The molecule has 0 aliphatic rings. The van der Waals surface area contributed by atoms with Crippen LogP contribution in [0.25, 0.3) is 11.3 Å². The van der Waals surface area contributed by atoms with Gasteiger partial charge in [-0.3, -0.25) is 0 Å². The fourth-order valence-electron chi connectivity index (χ4n) is 2.87. The summed E-state index contributed by atoms with van der Waals surface area (Å²) in [5.74, 6) is 0.904. The predicted octanol–water partition coefficient (Wildman–Crippen LogP) is 5.88. The normalized spacial score (nSPS) is 12.0. The van der Waals surface area contributed by atoms with Gasteiger partial charge in [-0.1, -0.05) is 23.7 Å². The van der Waals surface area contributed by atoms with E-state index in [-0.39, 0.29) is 11.9 Å². The van der Waals surface area contributed by atoms with Crippen LogP contribution in [-0.4, -0.2) is 23.3 Å². The highest BCUT2D eigenvalue weighted by Gasteiger charge is 2.17. The van der Waals surface area contributed by atoms with Crippen LogP contribution in [0.3, 0.4) is 0 Å². The minimum Gasteiger partial charge on any atom is -0.508 e. The van der Waals surface area contributed by atoms with Gasteiger partial charge in [0, 0.05) is 17.2 Å². The molecule has 2 aromatic carbocycles. The van der Waals surface area contributed by atoms with E-state index in [1.54, 1.807) is 18.2 Å². The molecule has 4 nitrogen and oxygen atoms in total. The van der Waals surface area contributed by atoms with Gasteiger partial charge in [-0.2, -0.15) is 0 Å². The van der Waals surface area contributed by atoms with Crippen molar-refractivity contribution in [3.63, 3.8) is 0 Å². The summed E-state index contributed by atoms with van der Waals surface area (Å²) in [4.78, 5) is 4.81. The topological polar surface area (TPSA) is 51.6 Å². The van der Waals surface area contributed by atoms with Gasteiger partial charge in [0.15, 0.2) is 6.10 Å². The lowest BCUT2D eigenvalue weighted by molar-refractivity contribution is 0.0540. The van der Waals surface area contributed by atoms with Crippen LogP contribution in [0.5, 0.6) is 11.5 Å². The standard InChI is InChI=1S/C23H24ClNO3/c1-4-27-14-23(28-18-9-11-22(26)16(3)13-18)21-7-5-6-20(25-21)17-8-10-19(24)15(2)12-17/h5-13,23,26H,4,14H2,1-3H3/t23-/m0/s1. The highest BCUT2D eigenvalue weighted by atomic mass is 35.5. The van der Waals surface area contributed by atoms with E-state index >= 15 is 0 Å². The van der Waals surface area contributed by atoms with Crippen molar-refractivity contribution in [2.45, 2.75) is 26.9 Å². The molecule has 1 aromatic heterocycles. The molecule has 0 aliphatic carbocycles. The maximum absolute atomic E-state index is 9.74. The molecule has 5 heteroatoms. The molecule has 146 valence electrons. The number of rotatable bonds is 7. The maximum atomic E-state index is 9.74. The van der Waals surface area contributed by atoms with Gasteiger partial charge in [-0.25, -0.2) is 4.98 Å². The van der Waals surface area contributed by atoms with Crippen molar-refractivity contribution in [3.8, 4) is 22.8 Å². The summed E-state index contributed by atoms with van der Waals surface area (Å²) in [6.45, 7) is 6.73. The van der Waals surface area contributed by atoms with E-state index in [9.17, 15) is 5.11 Å². The first kappa shape index (κ1) is 20.2. The lowest BCUT2D eigenvalue weighted by Gasteiger charge is -2.20. The van der Waals surface area contributed by atoms with Crippen molar-refractivity contribution in [3.05, 3.63) is 76.4 Å². The van der Waals surface area contributed by atoms with Crippen LogP contribution in [0.15, 0.2) is 54.6 Å². The van der Waals surface area contributed by atoms with Crippen molar-refractivity contribution >= 4 is 11.6 Å². The van der Waals surface area contributed by atoms with E-state index < -0.39 is 0 Å². The Balaban J connectivity index is 1.91. The van der Waals surface area contributed by atoms with Crippen LogP contribution >= 0.6 is 11.6 Å². The minimum atomic E-state index is -0.364. The molecule has 0 saturated heterocycles. The molecule has 28 heavy (non-hydrogen) atoms. The number of phenolic OH excluding ortho intramolecular Hbond substituents is 1. The Labute approximate surface area is 170 Å². The van der Waals surface area contributed by atoms with Gasteiger partial charge in [-0.05, 0) is 74.4 Å². The second-order valence-corrected chi connectivity index (χ2v) is 7.03. The first-order valence-corrected chi connectivity index (χ1v) is 9.63. The van der Waals surface area contributed by atoms with Crippen LogP contribution in [-0.2, 0) is 4.74 Å².